The maximum Gasteiger partial charge on any atom is 0.191 e. The first-order valence-electron chi connectivity index (χ1n) is 9.66. The Kier molecular flexibility index (Phi) is 9.89. The average Bonchev–Trinajstić information content (AvgIpc) is 2.73. The quantitative estimate of drug-likeness (QED) is 0.409. The van der Waals surface area contributed by atoms with Gasteiger partial charge in [0.05, 0.1) is 33.0 Å². The van der Waals surface area contributed by atoms with Gasteiger partial charge >= 0.3 is 0 Å². The zero-order valence-electron chi connectivity index (χ0n) is 16.7. The van der Waals surface area contributed by atoms with Crippen LogP contribution >= 0.6 is 0 Å². The summed E-state index contributed by atoms with van der Waals surface area (Å²) in [6.07, 6.45) is 0.172. The molecule has 0 spiro atoms. The minimum absolute atomic E-state index is 0.249. The summed E-state index contributed by atoms with van der Waals surface area (Å²) in [5, 5.41) is 16.6. The Balaban J connectivity index is 1.74. The average molecular weight is 386 g/mol. The molecule has 0 saturated heterocycles. The van der Waals surface area contributed by atoms with Crippen LogP contribution in [0, 0.1) is 0 Å². The molecule has 1 atom stereocenters. The molecule has 0 aliphatic heterocycles. The van der Waals surface area contributed by atoms with Crippen LogP contribution in [0.25, 0.3) is 0 Å². The SMILES string of the molecule is CCNC(=NCC(O)COCc1ccccc1)NCCc1ccccc1OC. The molecule has 0 radical (unpaired) electrons. The number of methoxy groups -OCH3 is 1. The van der Waals surface area contributed by atoms with E-state index in [0.29, 0.717) is 19.1 Å². The van der Waals surface area contributed by atoms with Gasteiger partial charge < -0.3 is 25.2 Å². The summed E-state index contributed by atoms with van der Waals surface area (Å²) in [4.78, 5) is 4.45. The third kappa shape index (κ3) is 7.98. The molecular weight excluding hydrogens is 354 g/mol. The van der Waals surface area contributed by atoms with Crippen LogP contribution in [0.4, 0.5) is 0 Å². The lowest BCUT2D eigenvalue weighted by molar-refractivity contribution is 0.0331. The number of hydrogen-bond donors (Lipinski definition) is 3. The van der Waals surface area contributed by atoms with Gasteiger partial charge in [-0.1, -0.05) is 48.5 Å². The number of rotatable bonds is 11. The second kappa shape index (κ2) is 12.8. The van der Waals surface area contributed by atoms with E-state index in [-0.39, 0.29) is 13.2 Å². The zero-order chi connectivity index (χ0) is 20.0. The molecule has 28 heavy (non-hydrogen) atoms. The molecular formula is C22H31N3O3. The number of hydrogen-bond acceptors (Lipinski definition) is 4. The molecule has 2 aromatic carbocycles. The van der Waals surface area contributed by atoms with Crippen LogP contribution in [-0.2, 0) is 17.8 Å². The van der Waals surface area contributed by atoms with Crippen molar-refractivity contribution in [3.63, 3.8) is 0 Å². The molecule has 0 aliphatic rings. The molecule has 6 nitrogen and oxygen atoms in total. The maximum atomic E-state index is 10.1. The summed E-state index contributed by atoms with van der Waals surface area (Å²) >= 11 is 0. The minimum atomic E-state index is -0.645. The molecule has 2 rings (SSSR count). The van der Waals surface area contributed by atoms with Crippen molar-refractivity contribution in [3.8, 4) is 5.75 Å². The largest absolute Gasteiger partial charge is 0.496 e. The van der Waals surface area contributed by atoms with E-state index in [1.54, 1.807) is 7.11 Å². The Hall–Kier alpha value is -2.57. The Morgan fingerprint density at radius 3 is 2.57 bits per heavy atom. The van der Waals surface area contributed by atoms with E-state index in [1.165, 1.54) is 0 Å². The van der Waals surface area contributed by atoms with E-state index in [1.807, 2.05) is 55.5 Å². The maximum absolute atomic E-state index is 10.1. The van der Waals surface area contributed by atoms with E-state index < -0.39 is 6.10 Å². The number of aliphatic hydroxyl groups is 1. The van der Waals surface area contributed by atoms with Gasteiger partial charge in [0, 0.05) is 13.1 Å². The summed E-state index contributed by atoms with van der Waals surface area (Å²) < 4.78 is 10.9. The number of para-hydroxylation sites is 1. The second-order valence-corrected chi connectivity index (χ2v) is 6.36. The van der Waals surface area contributed by atoms with Crippen LogP contribution < -0.4 is 15.4 Å². The molecule has 0 amide bonds. The predicted octanol–water partition coefficient (Wildman–Crippen LogP) is 2.37. The Morgan fingerprint density at radius 2 is 1.82 bits per heavy atom. The lowest BCUT2D eigenvalue weighted by Gasteiger charge is -2.14. The number of nitrogens with one attached hydrogen (secondary N) is 2. The molecule has 6 heteroatoms. The molecule has 0 aliphatic carbocycles. The van der Waals surface area contributed by atoms with Crippen LogP contribution in [0.5, 0.6) is 5.75 Å². The van der Waals surface area contributed by atoms with Crippen molar-refractivity contribution in [2.24, 2.45) is 4.99 Å². The highest BCUT2D eigenvalue weighted by Gasteiger charge is 2.06. The van der Waals surface area contributed by atoms with Crippen LogP contribution in [0.15, 0.2) is 59.6 Å². The van der Waals surface area contributed by atoms with Crippen molar-refractivity contribution >= 4 is 5.96 Å². The first kappa shape index (κ1) is 21.7. The molecule has 0 heterocycles. The number of guanidine groups is 1. The molecule has 0 aromatic heterocycles. The summed E-state index contributed by atoms with van der Waals surface area (Å²) in [5.74, 6) is 1.57. The van der Waals surface area contributed by atoms with E-state index in [0.717, 1.165) is 29.8 Å². The van der Waals surface area contributed by atoms with Crippen LogP contribution in [-0.4, -0.2) is 50.5 Å². The number of aliphatic hydroxyl groups excluding tert-OH is 1. The van der Waals surface area contributed by atoms with Gasteiger partial charge in [0.1, 0.15) is 5.75 Å². The summed E-state index contributed by atoms with van der Waals surface area (Å²) in [6.45, 7) is 4.49. The van der Waals surface area contributed by atoms with Gasteiger partial charge in [0.25, 0.3) is 0 Å². The molecule has 2 aromatic rings. The zero-order valence-corrected chi connectivity index (χ0v) is 16.7. The van der Waals surface area contributed by atoms with Crippen molar-refractivity contribution < 1.29 is 14.6 Å². The Bertz CT molecular complexity index is 707. The first-order valence-corrected chi connectivity index (χ1v) is 9.66. The van der Waals surface area contributed by atoms with E-state index in [4.69, 9.17) is 9.47 Å². The highest BCUT2D eigenvalue weighted by molar-refractivity contribution is 5.79. The first-order chi connectivity index (χ1) is 13.7. The number of aliphatic imine (C=N–C) groups is 1. The molecule has 3 N–H and O–H groups in total. The van der Waals surface area contributed by atoms with Crippen molar-refractivity contribution in [3.05, 3.63) is 65.7 Å². The standard InChI is InChI=1S/C22H31N3O3/c1-3-23-22(24-14-13-19-11-7-8-12-21(19)27-2)25-15-20(26)17-28-16-18-9-5-4-6-10-18/h4-12,20,26H,3,13-17H2,1-2H3,(H2,23,24,25). The van der Waals surface area contributed by atoms with Crippen molar-refractivity contribution in [1.29, 1.82) is 0 Å². The van der Waals surface area contributed by atoms with Gasteiger partial charge in [-0.2, -0.15) is 0 Å². The third-order valence-corrected chi connectivity index (χ3v) is 4.11. The van der Waals surface area contributed by atoms with Gasteiger partial charge in [0.15, 0.2) is 5.96 Å². The number of nitrogens with zero attached hydrogens (tertiary/aromatic N) is 1. The second-order valence-electron chi connectivity index (χ2n) is 6.36. The number of benzene rings is 2. The van der Waals surface area contributed by atoms with Crippen LogP contribution in [0.2, 0.25) is 0 Å². The van der Waals surface area contributed by atoms with E-state index in [9.17, 15) is 5.11 Å². The molecule has 1 unspecified atom stereocenters. The Labute approximate surface area is 167 Å². The number of ether oxygens (including phenoxy) is 2. The van der Waals surface area contributed by atoms with Crippen molar-refractivity contribution in [2.45, 2.75) is 26.1 Å². The van der Waals surface area contributed by atoms with Gasteiger partial charge in [-0.15, -0.1) is 0 Å². The van der Waals surface area contributed by atoms with Crippen LogP contribution in [0.1, 0.15) is 18.1 Å². The normalized spacial score (nSPS) is 12.5. The predicted molar refractivity (Wildman–Crippen MR) is 113 cm³/mol. The van der Waals surface area contributed by atoms with Crippen LogP contribution in [0.3, 0.4) is 0 Å². The molecule has 0 bridgehead atoms. The summed E-state index contributed by atoms with van der Waals surface area (Å²) in [6, 6.07) is 17.9. The molecule has 0 fully saturated rings. The van der Waals surface area contributed by atoms with Gasteiger partial charge in [-0.25, -0.2) is 0 Å². The molecule has 152 valence electrons. The van der Waals surface area contributed by atoms with E-state index >= 15 is 0 Å². The topological polar surface area (TPSA) is 75.1 Å². The third-order valence-electron chi connectivity index (χ3n) is 4.11. The highest BCUT2D eigenvalue weighted by Crippen LogP contribution is 2.17. The van der Waals surface area contributed by atoms with Gasteiger partial charge in [-0.3, -0.25) is 4.99 Å². The smallest absolute Gasteiger partial charge is 0.191 e. The van der Waals surface area contributed by atoms with Crippen molar-refractivity contribution in [1.82, 2.24) is 10.6 Å². The van der Waals surface area contributed by atoms with Gasteiger partial charge in [-0.05, 0) is 30.5 Å². The highest BCUT2D eigenvalue weighted by atomic mass is 16.5. The minimum Gasteiger partial charge on any atom is -0.496 e. The van der Waals surface area contributed by atoms with E-state index in [2.05, 4.69) is 21.7 Å². The van der Waals surface area contributed by atoms with Gasteiger partial charge in [0.2, 0.25) is 0 Å². The monoisotopic (exact) mass is 385 g/mol. The molecule has 0 saturated carbocycles. The lowest BCUT2D eigenvalue weighted by Crippen LogP contribution is -2.39. The Morgan fingerprint density at radius 1 is 1.07 bits per heavy atom. The summed E-state index contributed by atoms with van der Waals surface area (Å²) in [5.41, 5.74) is 2.23. The fourth-order valence-corrected chi connectivity index (χ4v) is 2.70. The summed E-state index contributed by atoms with van der Waals surface area (Å²) in [7, 11) is 1.68. The lowest BCUT2D eigenvalue weighted by atomic mass is 10.1. The fraction of sp³-hybridized carbons (Fsp3) is 0.409. The van der Waals surface area contributed by atoms with Crippen molar-refractivity contribution in [2.75, 3.05) is 33.4 Å². The fourth-order valence-electron chi connectivity index (χ4n) is 2.70.